The lowest BCUT2D eigenvalue weighted by atomic mass is 10.1. The molecule has 30 heavy (non-hydrogen) atoms. The van der Waals surface area contributed by atoms with Crippen LogP contribution in [0.1, 0.15) is 16.1 Å². The normalized spacial score (nSPS) is 10.7. The van der Waals surface area contributed by atoms with Crippen molar-refractivity contribution in [3.8, 4) is 17.0 Å². The summed E-state index contributed by atoms with van der Waals surface area (Å²) < 4.78 is 39.5. The van der Waals surface area contributed by atoms with Crippen LogP contribution in [0, 0.1) is 11.6 Å². The molecule has 0 unspecified atom stereocenters. The molecule has 0 aliphatic heterocycles. The number of anilines is 1. The predicted molar refractivity (Wildman–Crippen MR) is 111 cm³/mol. The number of hydrogen-bond donors (Lipinski definition) is 1. The van der Waals surface area contributed by atoms with Gasteiger partial charge in [-0.15, -0.1) is 0 Å². The predicted octanol–water partition coefficient (Wildman–Crippen LogP) is 5.93. The van der Waals surface area contributed by atoms with Crippen molar-refractivity contribution in [3.63, 3.8) is 0 Å². The molecule has 1 aromatic heterocycles. The van der Waals surface area contributed by atoms with Crippen LogP contribution >= 0.6 is 34.8 Å². The first-order chi connectivity index (χ1) is 14.2. The van der Waals surface area contributed by atoms with Gasteiger partial charge in [0.1, 0.15) is 12.3 Å². The Balaban J connectivity index is 2.01. The number of nitrogen functional groups attached to an aromatic ring is 1. The Morgan fingerprint density at radius 1 is 1.13 bits per heavy atom. The molecule has 2 N–H and O–H groups in total. The monoisotopic (exact) mass is 472 g/mol. The van der Waals surface area contributed by atoms with Crippen LogP contribution in [0.15, 0.2) is 36.4 Å². The lowest BCUT2D eigenvalue weighted by molar-refractivity contribution is 0.0466. The summed E-state index contributed by atoms with van der Waals surface area (Å²) in [5.74, 6) is -3.37. The van der Waals surface area contributed by atoms with E-state index in [1.54, 1.807) is 24.3 Å². The van der Waals surface area contributed by atoms with Crippen molar-refractivity contribution in [2.24, 2.45) is 0 Å². The molecule has 0 aliphatic carbocycles. The molecular weight excluding hydrogens is 461 g/mol. The summed E-state index contributed by atoms with van der Waals surface area (Å²) in [5, 5.41) is -0.0175. The van der Waals surface area contributed by atoms with Crippen LogP contribution in [-0.4, -0.2) is 18.1 Å². The summed E-state index contributed by atoms with van der Waals surface area (Å²) in [4.78, 5) is 16.4. The van der Waals surface area contributed by atoms with E-state index in [1.807, 2.05) is 0 Å². The van der Waals surface area contributed by atoms with Gasteiger partial charge in [-0.3, -0.25) is 0 Å². The molecule has 0 amide bonds. The molecule has 5 nitrogen and oxygen atoms in total. The number of rotatable bonds is 5. The second-order valence-electron chi connectivity index (χ2n) is 6.00. The van der Waals surface area contributed by atoms with Gasteiger partial charge in [0.15, 0.2) is 23.1 Å². The van der Waals surface area contributed by atoms with Gasteiger partial charge in [0.05, 0.1) is 22.8 Å². The number of carbonyl (C=O) groups is 1. The molecule has 0 radical (unpaired) electrons. The Labute approximate surface area is 185 Å². The average molecular weight is 474 g/mol. The fraction of sp³-hybridized carbons (Fsp3) is 0.100. The second kappa shape index (κ2) is 9.04. The topological polar surface area (TPSA) is 74.4 Å². The van der Waals surface area contributed by atoms with Crippen LogP contribution in [-0.2, 0) is 11.3 Å². The number of hydrogen-bond acceptors (Lipinski definition) is 5. The number of nitrogens with zero attached hydrogens (tertiary/aromatic N) is 1. The van der Waals surface area contributed by atoms with Gasteiger partial charge in [-0.1, -0.05) is 46.9 Å². The number of aromatic nitrogens is 1. The summed E-state index contributed by atoms with van der Waals surface area (Å²) >= 11 is 17.8. The number of esters is 1. The Hall–Kier alpha value is -2.61. The van der Waals surface area contributed by atoms with E-state index >= 15 is 0 Å². The van der Waals surface area contributed by atoms with Crippen molar-refractivity contribution < 1.29 is 23.0 Å². The van der Waals surface area contributed by atoms with Crippen LogP contribution in [0.2, 0.25) is 15.1 Å². The third-order valence-corrected chi connectivity index (χ3v) is 4.99. The molecule has 2 aromatic carbocycles. The van der Waals surface area contributed by atoms with Gasteiger partial charge in [-0.05, 0) is 29.8 Å². The summed E-state index contributed by atoms with van der Waals surface area (Å²) in [6.07, 6.45) is 0. The molecule has 1 heterocycles. The first-order valence-electron chi connectivity index (χ1n) is 8.33. The molecule has 0 fully saturated rings. The summed E-state index contributed by atoms with van der Waals surface area (Å²) in [5.41, 5.74) is 4.38. The highest BCUT2D eigenvalue weighted by Crippen LogP contribution is 2.38. The van der Waals surface area contributed by atoms with Gasteiger partial charge in [-0.2, -0.15) is 0 Å². The van der Waals surface area contributed by atoms with Crippen LogP contribution < -0.4 is 10.5 Å². The number of halogens is 5. The fourth-order valence-electron chi connectivity index (χ4n) is 2.62. The van der Waals surface area contributed by atoms with Crippen LogP contribution in [0.5, 0.6) is 5.75 Å². The van der Waals surface area contributed by atoms with Crippen molar-refractivity contribution in [1.29, 1.82) is 0 Å². The Kier molecular flexibility index (Phi) is 6.65. The van der Waals surface area contributed by atoms with Gasteiger partial charge in [0, 0.05) is 10.6 Å². The van der Waals surface area contributed by atoms with Crippen LogP contribution in [0.25, 0.3) is 11.3 Å². The largest absolute Gasteiger partial charge is 0.492 e. The summed E-state index contributed by atoms with van der Waals surface area (Å²) in [6, 6.07) is 9.11. The van der Waals surface area contributed by atoms with Crippen LogP contribution in [0.3, 0.4) is 0 Å². The van der Waals surface area contributed by atoms with E-state index < -0.39 is 39.7 Å². The average Bonchev–Trinajstić information content (AvgIpc) is 2.72. The first-order valence-corrected chi connectivity index (χ1v) is 9.46. The molecule has 0 bridgehead atoms. The van der Waals surface area contributed by atoms with Crippen molar-refractivity contribution in [2.75, 3.05) is 12.8 Å². The van der Waals surface area contributed by atoms with Crippen molar-refractivity contribution in [1.82, 2.24) is 4.98 Å². The van der Waals surface area contributed by atoms with E-state index in [2.05, 4.69) is 4.98 Å². The fourth-order valence-corrected chi connectivity index (χ4v) is 3.26. The van der Waals surface area contributed by atoms with Gasteiger partial charge >= 0.3 is 5.97 Å². The summed E-state index contributed by atoms with van der Waals surface area (Å²) in [6.45, 7) is -0.146. The number of nitrogens with two attached hydrogens (primary N) is 1. The minimum absolute atomic E-state index is 0.0257. The number of ether oxygens (including phenoxy) is 2. The number of carbonyl (C=O) groups excluding carboxylic acids is 1. The van der Waals surface area contributed by atoms with Gasteiger partial charge in [-0.25, -0.2) is 18.6 Å². The smallest absolute Gasteiger partial charge is 0.358 e. The van der Waals surface area contributed by atoms with E-state index in [0.29, 0.717) is 10.6 Å². The maximum atomic E-state index is 14.8. The number of pyridine rings is 1. The van der Waals surface area contributed by atoms with Crippen molar-refractivity contribution in [3.05, 3.63) is 74.4 Å². The van der Waals surface area contributed by atoms with Crippen molar-refractivity contribution >= 4 is 46.5 Å². The lowest BCUT2D eigenvalue weighted by Gasteiger charge is -2.13. The Morgan fingerprint density at radius 2 is 1.87 bits per heavy atom. The zero-order chi connectivity index (χ0) is 22.0. The molecule has 156 valence electrons. The quantitative estimate of drug-likeness (QED) is 0.465. The second-order valence-corrected chi connectivity index (χ2v) is 7.22. The molecule has 3 aromatic rings. The minimum atomic E-state index is -1.10. The SMILES string of the molecule is COc1c(Cl)ccc(-c2nc(C(=O)OCc3cccc(Cl)c3)c(Cl)c(N)c2F)c1F. The van der Waals surface area contributed by atoms with Crippen molar-refractivity contribution in [2.45, 2.75) is 6.61 Å². The van der Waals surface area contributed by atoms with E-state index in [9.17, 15) is 13.6 Å². The standard InChI is InChI=1S/C20H13Cl3F2N2O3/c1-29-19-12(22)6-5-11(14(19)24)17-15(25)16(26)13(23)18(27-17)20(28)30-8-9-3-2-4-10(21)7-9/h2-7H,8H2,1H3,(H2,26,27). The molecule has 3 rings (SSSR count). The third-order valence-electron chi connectivity index (χ3n) is 4.07. The molecular formula is C20H13Cl3F2N2O3. The van der Waals surface area contributed by atoms with Crippen LogP contribution in [0.4, 0.5) is 14.5 Å². The zero-order valence-corrected chi connectivity index (χ0v) is 17.6. The molecule has 0 saturated carbocycles. The summed E-state index contributed by atoms with van der Waals surface area (Å²) in [7, 11) is 1.20. The van der Waals surface area contributed by atoms with E-state index in [4.69, 9.17) is 50.0 Å². The minimum Gasteiger partial charge on any atom is -0.492 e. The third kappa shape index (κ3) is 4.28. The molecule has 0 saturated heterocycles. The highest BCUT2D eigenvalue weighted by Gasteiger charge is 2.26. The van der Waals surface area contributed by atoms with Gasteiger partial charge in [0.2, 0.25) is 0 Å². The Bertz CT molecular complexity index is 1140. The first kappa shape index (κ1) is 22.1. The molecule has 0 aliphatic rings. The van der Waals surface area contributed by atoms with E-state index in [-0.39, 0.29) is 22.9 Å². The van der Waals surface area contributed by atoms with E-state index in [1.165, 1.54) is 19.2 Å². The van der Waals surface area contributed by atoms with Gasteiger partial charge in [0.25, 0.3) is 0 Å². The van der Waals surface area contributed by atoms with E-state index in [0.717, 1.165) is 0 Å². The molecule has 0 atom stereocenters. The lowest BCUT2D eigenvalue weighted by Crippen LogP contribution is -2.12. The highest BCUT2D eigenvalue weighted by atomic mass is 35.5. The molecule has 0 spiro atoms. The number of benzene rings is 2. The zero-order valence-electron chi connectivity index (χ0n) is 15.3. The number of methoxy groups -OCH3 is 1. The maximum Gasteiger partial charge on any atom is 0.358 e. The molecule has 10 heteroatoms. The highest BCUT2D eigenvalue weighted by molar-refractivity contribution is 6.36. The maximum absolute atomic E-state index is 14.8. The Morgan fingerprint density at radius 3 is 2.53 bits per heavy atom. The van der Waals surface area contributed by atoms with Gasteiger partial charge < -0.3 is 15.2 Å².